The van der Waals surface area contributed by atoms with Crippen molar-refractivity contribution in [3.63, 3.8) is 0 Å². The van der Waals surface area contributed by atoms with Crippen molar-refractivity contribution >= 4 is 11.8 Å². The zero-order valence-electron chi connectivity index (χ0n) is 9.76. The molecular formula is C11H25NS. The van der Waals surface area contributed by atoms with Crippen molar-refractivity contribution in [2.24, 2.45) is 11.8 Å². The molecule has 0 radical (unpaired) electrons. The lowest BCUT2D eigenvalue weighted by atomic mass is 9.87. The Morgan fingerprint density at radius 1 is 1.23 bits per heavy atom. The summed E-state index contributed by atoms with van der Waals surface area (Å²) in [6, 6.07) is 0.650. The molecule has 2 heteroatoms. The summed E-state index contributed by atoms with van der Waals surface area (Å²) in [5.74, 6) is 4.17. The van der Waals surface area contributed by atoms with E-state index in [2.05, 4.69) is 51.8 Å². The first kappa shape index (κ1) is 13.3. The van der Waals surface area contributed by atoms with Gasteiger partial charge in [0.2, 0.25) is 0 Å². The highest BCUT2D eigenvalue weighted by molar-refractivity contribution is 7.99. The van der Waals surface area contributed by atoms with Crippen molar-refractivity contribution in [2.75, 3.05) is 18.6 Å². The lowest BCUT2D eigenvalue weighted by Gasteiger charge is -2.27. The van der Waals surface area contributed by atoms with Crippen LogP contribution < -0.4 is 5.32 Å². The van der Waals surface area contributed by atoms with Gasteiger partial charge in [0.25, 0.3) is 0 Å². The quantitative estimate of drug-likeness (QED) is 0.638. The van der Waals surface area contributed by atoms with E-state index in [0.717, 1.165) is 11.8 Å². The highest BCUT2D eigenvalue weighted by Crippen LogP contribution is 2.21. The van der Waals surface area contributed by atoms with E-state index in [-0.39, 0.29) is 0 Å². The van der Waals surface area contributed by atoms with Crippen molar-refractivity contribution in [2.45, 2.75) is 40.2 Å². The van der Waals surface area contributed by atoms with E-state index in [0.29, 0.717) is 6.04 Å². The first-order chi connectivity index (χ1) is 6.13. The molecule has 0 aromatic carbocycles. The van der Waals surface area contributed by atoms with Crippen molar-refractivity contribution in [3.05, 3.63) is 0 Å². The first-order valence-corrected chi connectivity index (χ1v) is 6.53. The smallest absolute Gasteiger partial charge is 0.00667 e. The lowest BCUT2D eigenvalue weighted by Crippen LogP contribution is -2.34. The van der Waals surface area contributed by atoms with Crippen LogP contribution >= 0.6 is 11.8 Å². The summed E-state index contributed by atoms with van der Waals surface area (Å²) in [5.41, 5.74) is 0. The van der Waals surface area contributed by atoms with Crippen LogP contribution in [0.5, 0.6) is 0 Å². The molecule has 0 heterocycles. The molecule has 0 aliphatic rings. The Hall–Kier alpha value is 0.310. The molecule has 0 amide bonds. The summed E-state index contributed by atoms with van der Waals surface area (Å²) in [7, 11) is 2.06. The second kappa shape index (κ2) is 7.69. The molecule has 0 bridgehead atoms. The Bertz CT molecular complexity index is 115. The highest BCUT2D eigenvalue weighted by Gasteiger charge is 2.18. The molecule has 0 aromatic heterocycles. The largest absolute Gasteiger partial charge is 0.317 e. The van der Waals surface area contributed by atoms with Crippen LogP contribution in [0.1, 0.15) is 34.1 Å². The minimum atomic E-state index is 0.650. The lowest BCUT2D eigenvalue weighted by molar-refractivity contribution is 0.295. The Balaban J connectivity index is 3.80. The second-order valence-electron chi connectivity index (χ2n) is 3.97. The molecule has 2 unspecified atom stereocenters. The van der Waals surface area contributed by atoms with Crippen molar-refractivity contribution in [3.8, 4) is 0 Å². The first-order valence-electron chi connectivity index (χ1n) is 5.38. The van der Waals surface area contributed by atoms with Gasteiger partial charge in [-0.05, 0) is 43.7 Å². The van der Waals surface area contributed by atoms with E-state index in [1.165, 1.54) is 17.9 Å². The van der Waals surface area contributed by atoms with Gasteiger partial charge in [0.05, 0.1) is 0 Å². The van der Waals surface area contributed by atoms with Crippen LogP contribution in [-0.4, -0.2) is 24.6 Å². The van der Waals surface area contributed by atoms with Gasteiger partial charge in [0, 0.05) is 6.04 Å². The third-order valence-corrected chi connectivity index (χ3v) is 3.69. The van der Waals surface area contributed by atoms with Crippen LogP contribution in [0.4, 0.5) is 0 Å². The molecule has 2 atom stereocenters. The maximum Gasteiger partial charge on any atom is 0.00667 e. The zero-order valence-corrected chi connectivity index (χ0v) is 10.6. The van der Waals surface area contributed by atoms with Gasteiger partial charge in [-0.25, -0.2) is 0 Å². The van der Waals surface area contributed by atoms with Crippen molar-refractivity contribution < 1.29 is 0 Å². The van der Waals surface area contributed by atoms with Gasteiger partial charge in [-0.15, -0.1) is 0 Å². The van der Waals surface area contributed by atoms with Crippen molar-refractivity contribution in [1.29, 1.82) is 0 Å². The van der Waals surface area contributed by atoms with E-state index < -0.39 is 0 Å². The maximum absolute atomic E-state index is 3.36. The molecule has 1 N–H and O–H groups in total. The van der Waals surface area contributed by atoms with Crippen LogP contribution in [0.3, 0.4) is 0 Å². The Morgan fingerprint density at radius 3 is 2.23 bits per heavy atom. The zero-order chi connectivity index (χ0) is 10.3. The third kappa shape index (κ3) is 5.58. The molecule has 0 aliphatic heterocycles. The standard InChI is InChI=1S/C11H25NS/c1-6-13-8-7-11(9(2)3)10(4)12-5/h9-12H,6-8H2,1-5H3. The average Bonchev–Trinajstić information content (AvgIpc) is 2.11. The Morgan fingerprint density at radius 2 is 1.85 bits per heavy atom. The fourth-order valence-electron chi connectivity index (χ4n) is 1.74. The predicted molar refractivity (Wildman–Crippen MR) is 64.5 cm³/mol. The Kier molecular flexibility index (Phi) is 7.87. The van der Waals surface area contributed by atoms with Crippen LogP contribution in [0, 0.1) is 11.8 Å². The molecule has 0 rings (SSSR count). The van der Waals surface area contributed by atoms with Crippen LogP contribution in [0.15, 0.2) is 0 Å². The molecular weight excluding hydrogens is 178 g/mol. The van der Waals surface area contributed by atoms with Crippen LogP contribution in [-0.2, 0) is 0 Å². The highest BCUT2D eigenvalue weighted by atomic mass is 32.2. The normalized spacial score (nSPS) is 16.2. The van der Waals surface area contributed by atoms with Gasteiger partial charge in [-0.1, -0.05) is 20.8 Å². The third-order valence-electron chi connectivity index (χ3n) is 2.75. The molecule has 0 saturated carbocycles. The van der Waals surface area contributed by atoms with Gasteiger partial charge in [0.1, 0.15) is 0 Å². The van der Waals surface area contributed by atoms with E-state index in [1.54, 1.807) is 0 Å². The second-order valence-corrected chi connectivity index (χ2v) is 5.36. The molecule has 0 spiro atoms. The molecule has 1 nitrogen and oxygen atoms in total. The molecule has 0 saturated heterocycles. The van der Waals surface area contributed by atoms with E-state index >= 15 is 0 Å². The number of thioether (sulfide) groups is 1. The average molecular weight is 203 g/mol. The van der Waals surface area contributed by atoms with E-state index in [4.69, 9.17) is 0 Å². The summed E-state index contributed by atoms with van der Waals surface area (Å²) in [6.07, 6.45) is 1.35. The summed E-state index contributed by atoms with van der Waals surface area (Å²) < 4.78 is 0. The molecule has 0 aliphatic carbocycles. The van der Waals surface area contributed by atoms with Gasteiger partial charge in [-0.3, -0.25) is 0 Å². The summed E-state index contributed by atoms with van der Waals surface area (Å²) in [4.78, 5) is 0. The molecule has 80 valence electrons. The van der Waals surface area contributed by atoms with Crippen molar-refractivity contribution in [1.82, 2.24) is 5.32 Å². The molecule has 0 aromatic rings. The number of rotatable bonds is 7. The predicted octanol–water partition coefficient (Wildman–Crippen LogP) is 3.01. The molecule has 13 heavy (non-hydrogen) atoms. The Labute approximate surface area is 88.1 Å². The van der Waals surface area contributed by atoms with Gasteiger partial charge >= 0.3 is 0 Å². The van der Waals surface area contributed by atoms with Crippen LogP contribution in [0.25, 0.3) is 0 Å². The summed E-state index contributed by atoms with van der Waals surface area (Å²) in [6.45, 7) is 9.18. The summed E-state index contributed by atoms with van der Waals surface area (Å²) in [5, 5.41) is 3.36. The fraction of sp³-hybridized carbons (Fsp3) is 1.00. The molecule has 0 fully saturated rings. The SMILES string of the molecule is CCSCCC(C(C)C)C(C)NC. The van der Waals surface area contributed by atoms with E-state index in [9.17, 15) is 0 Å². The monoisotopic (exact) mass is 203 g/mol. The topological polar surface area (TPSA) is 12.0 Å². The summed E-state index contributed by atoms with van der Waals surface area (Å²) >= 11 is 2.05. The number of nitrogens with one attached hydrogen (secondary N) is 1. The van der Waals surface area contributed by atoms with E-state index in [1.807, 2.05) is 0 Å². The number of hydrogen-bond acceptors (Lipinski definition) is 2. The van der Waals surface area contributed by atoms with Gasteiger partial charge < -0.3 is 5.32 Å². The minimum absolute atomic E-state index is 0.650. The minimum Gasteiger partial charge on any atom is -0.317 e. The van der Waals surface area contributed by atoms with Gasteiger partial charge in [0.15, 0.2) is 0 Å². The maximum atomic E-state index is 3.36. The number of hydrogen-bond donors (Lipinski definition) is 1. The van der Waals surface area contributed by atoms with Gasteiger partial charge in [-0.2, -0.15) is 11.8 Å². The van der Waals surface area contributed by atoms with Crippen LogP contribution in [0.2, 0.25) is 0 Å². The fourth-order valence-corrected chi connectivity index (χ4v) is 2.47.